The Hall–Kier alpha value is -1.71. The molecule has 3 saturated heterocycles. The first-order chi connectivity index (χ1) is 17.3. The second-order valence-electron chi connectivity index (χ2n) is 11.9. The number of carbonyl (C=O) groups is 3. The molecule has 3 aliphatic heterocycles. The van der Waals surface area contributed by atoms with Crippen LogP contribution in [0.25, 0.3) is 0 Å². The van der Waals surface area contributed by atoms with Gasteiger partial charge in [0.05, 0.1) is 30.6 Å². The highest BCUT2D eigenvalue weighted by molar-refractivity contribution is 9.09. The molecule has 1 N–H and O–H groups in total. The van der Waals surface area contributed by atoms with Gasteiger partial charge in [0.1, 0.15) is 11.6 Å². The average Bonchev–Trinajstić information content (AvgIpc) is 3.40. The molecule has 37 heavy (non-hydrogen) atoms. The van der Waals surface area contributed by atoms with Gasteiger partial charge in [-0.1, -0.05) is 48.9 Å². The van der Waals surface area contributed by atoms with E-state index in [0.717, 1.165) is 6.42 Å². The van der Waals surface area contributed by atoms with Crippen LogP contribution in [0.3, 0.4) is 0 Å². The highest BCUT2D eigenvalue weighted by Gasteiger charge is 2.77. The number of amides is 3. The van der Waals surface area contributed by atoms with Gasteiger partial charge in [0.2, 0.25) is 17.7 Å². The molecular formula is C28H44BrN3O5. The first-order valence-corrected chi connectivity index (χ1v) is 14.3. The molecule has 0 radical (unpaired) electrons. The zero-order valence-electron chi connectivity index (χ0n) is 23.2. The number of aliphatic hydroxyl groups excluding tert-OH is 1. The van der Waals surface area contributed by atoms with Gasteiger partial charge in [-0.2, -0.15) is 0 Å². The zero-order chi connectivity index (χ0) is 27.9. The lowest BCUT2D eigenvalue weighted by molar-refractivity contribution is -0.155. The van der Waals surface area contributed by atoms with E-state index in [2.05, 4.69) is 29.1 Å². The monoisotopic (exact) mass is 581 g/mol. The van der Waals surface area contributed by atoms with Crippen molar-refractivity contribution < 1.29 is 24.2 Å². The summed E-state index contributed by atoms with van der Waals surface area (Å²) in [7, 11) is 0. The van der Waals surface area contributed by atoms with Crippen molar-refractivity contribution in [2.75, 3.05) is 26.2 Å². The summed E-state index contributed by atoms with van der Waals surface area (Å²) in [6, 6.07) is -1.54. The van der Waals surface area contributed by atoms with Gasteiger partial charge in [0.25, 0.3) is 0 Å². The quantitative estimate of drug-likeness (QED) is 0.299. The number of alkyl halides is 1. The van der Waals surface area contributed by atoms with E-state index < -0.39 is 41.2 Å². The molecule has 3 rings (SSSR count). The maximum atomic E-state index is 14.4. The molecule has 3 unspecified atom stereocenters. The van der Waals surface area contributed by atoms with Crippen LogP contribution in [0.15, 0.2) is 25.3 Å². The van der Waals surface area contributed by atoms with Crippen molar-refractivity contribution in [2.24, 2.45) is 17.8 Å². The zero-order valence-corrected chi connectivity index (χ0v) is 24.7. The van der Waals surface area contributed by atoms with Gasteiger partial charge < -0.3 is 24.5 Å². The minimum Gasteiger partial charge on any atom is -0.394 e. The molecular weight excluding hydrogens is 538 g/mol. The Morgan fingerprint density at radius 2 is 1.86 bits per heavy atom. The Morgan fingerprint density at radius 1 is 1.24 bits per heavy atom. The molecule has 2 bridgehead atoms. The lowest BCUT2D eigenvalue weighted by Gasteiger charge is -2.44. The summed E-state index contributed by atoms with van der Waals surface area (Å²) >= 11 is 3.73. The SMILES string of the molecule is C=CCN(CCC)C(=O)[C@H]1[C@H]2C(=O)N([C@@H](CO)C(C)C)C(C(=O)N(CC=C)C(C)(C)C)C23CC(Br)[C@@H]1O3. The van der Waals surface area contributed by atoms with Crippen LogP contribution in [-0.4, -0.2) is 97.9 Å². The van der Waals surface area contributed by atoms with Gasteiger partial charge in [0, 0.05) is 30.0 Å². The highest BCUT2D eigenvalue weighted by Crippen LogP contribution is 2.61. The molecule has 1 spiro atoms. The third-order valence-electron chi connectivity index (χ3n) is 8.10. The van der Waals surface area contributed by atoms with Crippen molar-refractivity contribution in [1.29, 1.82) is 0 Å². The van der Waals surface area contributed by atoms with E-state index >= 15 is 0 Å². The normalized spacial score (nSPS) is 31.4. The maximum Gasteiger partial charge on any atom is 0.249 e. The van der Waals surface area contributed by atoms with E-state index in [1.807, 2.05) is 41.5 Å². The molecule has 0 aromatic heterocycles. The lowest BCUT2D eigenvalue weighted by Crippen LogP contribution is -2.62. The predicted octanol–water partition coefficient (Wildman–Crippen LogP) is 2.99. The number of nitrogens with zero attached hydrogens (tertiary/aromatic N) is 3. The first-order valence-electron chi connectivity index (χ1n) is 13.4. The summed E-state index contributed by atoms with van der Waals surface area (Å²) in [5, 5.41) is 10.4. The fourth-order valence-corrected chi connectivity index (χ4v) is 7.45. The lowest BCUT2D eigenvalue weighted by atomic mass is 9.70. The number of hydrogen-bond acceptors (Lipinski definition) is 5. The van der Waals surface area contributed by atoms with E-state index in [9.17, 15) is 19.5 Å². The molecule has 0 aromatic carbocycles. The van der Waals surface area contributed by atoms with E-state index in [4.69, 9.17) is 4.74 Å². The fourth-order valence-electron chi connectivity index (χ4n) is 6.51. The molecule has 0 saturated carbocycles. The first kappa shape index (κ1) is 29.8. The summed E-state index contributed by atoms with van der Waals surface area (Å²) in [4.78, 5) is 47.5. The van der Waals surface area contributed by atoms with Crippen molar-refractivity contribution in [3.8, 4) is 0 Å². The molecule has 7 atom stereocenters. The summed E-state index contributed by atoms with van der Waals surface area (Å²) in [6.07, 6.45) is 4.05. The van der Waals surface area contributed by atoms with Crippen LogP contribution in [0.1, 0.15) is 54.4 Å². The van der Waals surface area contributed by atoms with Gasteiger partial charge in [-0.3, -0.25) is 14.4 Å². The maximum absolute atomic E-state index is 14.4. The number of carbonyl (C=O) groups excluding carboxylic acids is 3. The topological polar surface area (TPSA) is 90.4 Å². The Kier molecular flexibility index (Phi) is 9.02. The third kappa shape index (κ3) is 4.91. The smallest absolute Gasteiger partial charge is 0.249 e. The number of hydrogen-bond donors (Lipinski definition) is 1. The van der Waals surface area contributed by atoms with Gasteiger partial charge in [-0.05, 0) is 39.5 Å². The highest BCUT2D eigenvalue weighted by atomic mass is 79.9. The standard InChI is InChI=1S/C28H44BrN3O5/c1-9-12-30(13-10-2)24(34)20-21-25(35)32(19(16-33)17(4)5)23(28(21)15-18(29)22(20)37-28)26(36)31(14-11-3)27(6,7)8/h9,11,17-23,33H,1,3,10,12-16H2,2,4-8H3/t18?,19-,20-,21-,22-,23?,28?/m0/s1. The van der Waals surface area contributed by atoms with Crippen LogP contribution >= 0.6 is 15.9 Å². The Morgan fingerprint density at radius 3 is 2.35 bits per heavy atom. The third-order valence-corrected chi connectivity index (χ3v) is 8.95. The van der Waals surface area contributed by atoms with Crippen LogP contribution in [0.5, 0.6) is 0 Å². The Labute approximate surface area is 230 Å². The molecule has 208 valence electrons. The van der Waals surface area contributed by atoms with Crippen molar-refractivity contribution in [2.45, 2.75) is 88.5 Å². The summed E-state index contributed by atoms with van der Waals surface area (Å²) in [6.45, 7) is 20.3. The van der Waals surface area contributed by atoms with Gasteiger partial charge in [-0.25, -0.2) is 0 Å². The van der Waals surface area contributed by atoms with Crippen LogP contribution in [0.4, 0.5) is 0 Å². The fraction of sp³-hybridized carbons (Fsp3) is 0.750. The molecule has 0 aliphatic carbocycles. The van der Waals surface area contributed by atoms with Crippen LogP contribution < -0.4 is 0 Å². The summed E-state index contributed by atoms with van der Waals surface area (Å²) in [5.74, 6) is -2.29. The van der Waals surface area contributed by atoms with Crippen LogP contribution in [0.2, 0.25) is 0 Å². The molecule has 9 heteroatoms. The van der Waals surface area contributed by atoms with Crippen LogP contribution in [0, 0.1) is 17.8 Å². The van der Waals surface area contributed by atoms with Gasteiger partial charge in [-0.15, -0.1) is 13.2 Å². The number of aliphatic hydroxyl groups is 1. The van der Waals surface area contributed by atoms with E-state index in [1.165, 1.54) is 0 Å². The number of halogens is 1. The summed E-state index contributed by atoms with van der Waals surface area (Å²) < 4.78 is 6.65. The Balaban J connectivity index is 2.18. The molecule has 0 aromatic rings. The minimum atomic E-state index is -1.16. The van der Waals surface area contributed by atoms with Crippen molar-refractivity contribution in [3.05, 3.63) is 25.3 Å². The Bertz CT molecular complexity index is 918. The number of likely N-dealkylation sites (tertiary alicyclic amines) is 1. The van der Waals surface area contributed by atoms with Crippen LogP contribution in [-0.2, 0) is 19.1 Å². The molecule has 3 heterocycles. The van der Waals surface area contributed by atoms with E-state index in [0.29, 0.717) is 26.1 Å². The van der Waals surface area contributed by atoms with E-state index in [1.54, 1.807) is 26.9 Å². The number of fused-ring (bicyclic) bond motifs is 1. The second kappa shape index (κ2) is 11.2. The molecule has 3 amide bonds. The number of rotatable bonds is 11. The van der Waals surface area contributed by atoms with Crippen molar-refractivity contribution >= 4 is 33.7 Å². The van der Waals surface area contributed by atoms with Crippen molar-refractivity contribution in [1.82, 2.24) is 14.7 Å². The minimum absolute atomic E-state index is 0.106. The second-order valence-corrected chi connectivity index (χ2v) is 13.1. The number of ether oxygens (including phenoxy) is 1. The largest absolute Gasteiger partial charge is 0.394 e. The molecule has 8 nitrogen and oxygen atoms in total. The van der Waals surface area contributed by atoms with E-state index in [-0.39, 0.29) is 35.1 Å². The van der Waals surface area contributed by atoms with Crippen molar-refractivity contribution in [3.63, 3.8) is 0 Å². The molecule has 3 aliphatic rings. The molecule has 3 fully saturated rings. The van der Waals surface area contributed by atoms with Gasteiger partial charge in [0.15, 0.2) is 0 Å². The van der Waals surface area contributed by atoms with Gasteiger partial charge >= 0.3 is 0 Å². The average molecular weight is 583 g/mol. The summed E-state index contributed by atoms with van der Waals surface area (Å²) in [5.41, 5.74) is -1.70. The predicted molar refractivity (Wildman–Crippen MR) is 147 cm³/mol.